The van der Waals surface area contributed by atoms with E-state index in [1.807, 2.05) is 0 Å². The Kier molecular flexibility index (Phi) is 5.61. The van der Waals surface area contributed by atoms with Crippen LogP contribution in [0.4, 0.5) is 18.0 Å². The van der Waals surface area contributed by atoms with Crippen LogP contribution in [0.15, 0.2) is 0 Å². The molecule has 0 spiro atoms. The van der Waals surface area contributed by atoms with Gasteiger partial charge in [0.15, 0.2) is 6.10 Å². The number of morpholine rings is 1. The summed E-state index contributed by atoms with van der Waals surface area (Å²) in [6.45, 7) is 0.125. The highest BCUT2D eigenvalue weighted by molar-refractivity contribution is 5.77. The number of aliphatic carboxylic acids is 1. The number of carbonyl (C=O) groups is 2. The van der Waals surface area contributed by atoms with Crippen molar-refractivity contribution in [1.29, 1.82) is 0 Å². The van der Waals surface area contributed by atoms with E-state index >= 15 is 0 Å². The minimum atomic E-state index is -4.48. The number of hydrogen-bond acceptors (Lipinski definition) is 3. The van der Waals surface area contributed by atoms with Crippen LogP contribution < -0.4 is 0 Å². The third kappa shape index (κ3) is 4.87. The Bertz CT molecular complexity index is 362. The molecule has 0 aromatic carbocycles. The van der Waals surface area contributed by atoms with Gasteiger partial charge >= 0.3 is 18.2 Å². The number of urea groups is 1. The average molecular weight is 298 g/mol. The Labute approximate surface area is 114 Å². The fraction of sp³-hybridized carbons (Fsp3) is 0.818. The van der Waals surface area contributed by atoms with Gasteiger partial charge in [0.1, 0.15) is 6.54 Å². The number of hydrogen-bond donors (Lipinski definition) is 1. The lowest BCUT2D eigenvalue weighted by Gasteiger charge is -2.35. The second-order valence-corrected chi connectivity index (χ2v) is 4.46. The highest BCUT2D eigenvalue weighted by Crippen LogP contribution is 2.18. The number of rotatable bonds is 4. The maximum absolute atomic E-state index is 12.4. The summed E-state index contributed by atoms with van der Waals surface area (Å²) >= 11 is 0. The number of amides is 2. The van der Waals surface area contributed by atoms with Crippen molar-refractivity contribution >= 4 is 12.0 Å². The van der Waals surface area contributed by atoms with Crippen molar-refractivity contribution in [1.82, 2.24) is 9.80 Å². The summed E-state index contributed by atoms with van der Waals surface area (Å²) in [6.07, 6.45) is -5.29. The van der Waals surface area contributed by atoms with Gasteiger partial charge in [0.05, 0.1) is 13.2 Å². The van der Waals surface area contributed by atoms with Crippen molar-refractivity contribution in [3.63, 3.8) is 0 Å². The maximum atomic E-state index is 12.4. The van der Waals surface area contributed by atoms with Crippen LogP contribution in [0.3, 0.4) is 0 Å². The molecule has 1 heterocycles. The van der Waals surface area contributed by atoms with Gasteiger partial charge < -0.3 is 19.6 Å². The Balaban J connectivity index is 2.70. The third-order valence-electron chi connectivity index (χ3n) is 2.75. The number of halogens is 3. The zero-order valence-electron chi connectivity index (χ0n) is 11.0. The standard InChI is InChI=1S/C11H17F3N2O4/c1-2-3-16(7-11(12,13)14)10(19)15-4-5-20-8(6-15)9(17)18/h8H,2-7H2,1H3,(H,17,18). The maximum Gasteiger partial charge on any atom is 0.406 e. The molecule has 1 fully saturated rings. The number of ether oxygens (including phenoxy) is 1. The van der Waals surface area contributed by atoms with Gasteiger partial charge in [-0.3, -0.25) is 0 Å². The lowest BCUT2D eigenvalue weighted by molar-refractivity contribution is -0.156. The molecular weight excluding hydrogens is 281 g/mol. The second kappa shape index (κ2) is 6.78. The molecule has 0 aromatic rings. The topological polar surface area (TPSA) is 70.1 Å². The summed E-state index contributed by atoms with van der Waals surface area (Å²) < 4.78 is 42.2. The molecule has 1 aliphatic rings. The van der Waals surface area contributed by atoms with E-state index in [1.54, 1.807) is 6.92 Å². The molecule has 1 rings (SSSR count). The van der Waals surface area contributed by atoms with Crippen LogP contribution in [-0.4, -0.2) is 72.0 Å². The van der Waals surface area contributed by atoms with E-state index in [9.17, 15) is 22.8 Å². The molecule has 6 nitrogen and oxygen atoms in total. The number of nitrogens with zero attached hydrogens (tertiary/aromatic N) is 2. The van der Waals surface area contributed by atoms with Gasteiger partial charge in [-0.1, -0.05) is 6.92 Å². The first-order valence-electron chi connectivity index (χ1n) is 6.19. The van der Waals surface area contributed by atoms with Crippen LogP contribution >= 0.6 is 0 Å². The molecule has 0 bridgehead atoms. The van der Waals surface area contributed by atoms with Gasteiger partial charge in [0.25, 0.3) is 0 Å². The Morgan fingerprint density at radius 2 is 2.10 bits per heavy atom. The van der Waals surface area contributed by atoms with Gasteiger partial charge in [-0.15, -0.1) is 0 Å². The number of carbonyl (C=O) groups excluding carboxylic acids is 1. The molecule has 1 unspecified atom stereocenters. The first-order chi connectivity index (χ1) is 9.24. The molecule has 0 aromatic heterocycles. The van der Waals surface area contributed by atoms with Crippen molar-refractivity contribution in [2.75, 3.05) is 32.8 Å². The van der Waals surface area contributed by atoms with E-state index in [0.29, 0.717) is 11.3 Å². The number of carboxylic acid groups (broad SMARTS) is 1. The smallest absolute Gasteiger partial charge is 0.406 e. The third-order valence-corrected chi connectivity index (χ3v) is 2.75. The molecule has 1 N–H and O–H groups in total. The molecule has 0 saturated carbocycles. The fourth-order valence-corrected chi connectivity index (χ4v) is 1.90. The lowest BCUT2D eigenvalue weighted by atomic mass is 10.3. The van der Waals surface area contributed by atoms with Crippen molar-refractivity contribution < 1.29 is 32.6 Å². The summed E-state index contributed by atoms with van der Waals surface area (Å²) in [4.78, 5) is 24.6. The SMILES string of the molecule is CCCN(CC(F)(F)F)C(=O)N1CCOC(C(=O)O)C1. The van der Waals surface area contributed by atoms with Gasteiger partial charge in [-0.2, -0.15) is 13.2 Å². The predicted octanol–water partition coefficient (Wildman–Crippen LogP) is 1.17. The molecule has 1 atom stereocenters. The zero-order valence-corrected chi connectivity index (χ0v) is 11.0. The molecule has 20 heavy (non-hydrogen) atoms. The predicted molar refractivity (Wildman–Crippen MR) is 62.3 cm³/mol. The van der Waals surface area contributed by atoms with Crippen LogP contribution in [0, 0.1) is 0 Å². The van der Waals surface area contributed by atoms with Gasteiger partial charge in [0.2, 0.25) is 0 Å². The van der Waals surface area contributed by atoms with Gasteiger partial charge in [-0.05, 0) is 6.42 Å². The minimum absolute atomic E-state index is 0.00527. The summed E-state index contributed by atoms with van der Waals surface area (Å²) in [6, 6.07) is -0.807. The quantitative estimate of drug-likeness (QED) is 0.845. The van der Waals surface area contributed by atoms with Crippen LogP contribution in [0.1, 0.15) is 13.3 Å². The van der Waals surface area contributed by atoms with Crippen molar-refractivity contribution in [2.45, 2.75) is 25.6 Å². The monoisotopic (exact) mass is 298 g/mol. The zero-order chi connectivity index (χ0) is 15.3. The highest BCUT2D eigenvalue weighted by atomic mass is 19.4. The van der Waals surface area contributed by atoms with Gasteiger partial charge in [-0.25, -0.2) is 9.59 Å². The average Bonchev–Trinajstić information content (AvgIpc) is 2.36. The van der Waals surface area contributed by atoms with E-state index in [-0.39, 0.29) is 26.2 Å². The Hall–Kier alpha value is -1.51. The molecule has 0 radical (unpaired) electrons. The molecule has 2 amide bonds. The van der Waals surface area contributed by atoms with Crippen LogP contribution in [0.5, 0.6) is 0 Å². The Morgan fingerprint density at radius 3 is 2.60 bits per heavy atom. The molecule has 9 heteroatoms. The largest absolute Gasteiger partial charge is 0.479 e. The fourth-order valence-electron chi connectivity index (χ4n) is 1.90. The summed E-state index contributed by atoms with van der Waals surface area (Å²) in [5.41, 5.74) is 0. The summed E-state index contributed by atoms with van der Waals surface area (Å²) in [5.74, 6) is -1.24. The van der Waals surface area contributed by atoms with Crippen LogP contribution in [0.2, 0.25) is 0 Å². The summed E-state index contributed by atoms with van der Waals surface area (Å²) in [7, 11) is 0. The second-order valence-electron chi connectivity index (χ2n) is 4.46. The molecular formula is C11H17F3N2O4. The van der Waals surface area contributed by atoms with Crippen LogP contribution in [0.25, 0.3) is 0 Å². The van der Waals surface area contributed by atoms with Crippen molar-refractivity contribution in [3.8, 4) is 0 Å². The van der Waals surface area contributed by atoms with E-state index < -0.39 is 30.8 Å². The highest BCUT2D eigenvalue weighted by Gasteiger charge is 2.36. The van der Waals surface area contributed by atoms with E-state index in [1.165, 1.54) is 0 Å². The molecule has 0 aliphatic carbocycles. The molecule has 116 valence electrons. The van der Waals surface area contributed by atoms with Crippen molar-refractivity contribution in [3.05, 3.63) is 0 Å². The first kappa shape index (κ1) is 16.5. The minimum Gasteiger partial charge on any atom is -0.479 e. The molecule has 1 saturated heterocycles. The normalized spacial score (nSPS) is 19.8. The lowest BCUT2D eigenvalue weighted by Crippen LogP contribution is -2.54. The van der Waals surface area contributed by atoms with E-state index in [4.69, 9.17) is 9.84 Å². The molecule has 1 aliphatic heterocycles. The van der Waals surface area contributed by atoms with Crippen molar-refractivity contribution in [2.24, 2.45) is 0 Å². The van der Waals surface area contributed by atoms with E-state index in [0.717, 1.165) is 4.90 Å². The first-order valence-corrected chi connectivity index (χ1v) is 6.19. The van der Waals surface area contributed by atoms with E-state index in [2.05, 4.69) is 0 Å². The van der Waals surface area contributed by atoms with Crippen LogP contribution in [-0.2, 0) is 9.53 Å². The number of alkyl halides is 3. The van der Waals surface area contributed by atoms with Gasteiger partial charge in [0, 0.05) is 13.1 Å². The summed E-state index contributed by atoms with van der Waals surface area (Å²) in [5, 5.41) is 8.81. The Morgan fingerprint density at radius 1 is 1.45 bits per heavy atom. The number of carboxylic acids is 1.